The van der Waals surface area contributed by atoms with Gasteiger partial charge in [-0.15, -0.1) is 0 Å². The molecule has 0 aromatic heterocycles. The molecule has 3 heteroatoms. The number of ether oxygens (including phenoxy) is 2. The lowest BCUT2D eigenvalue weighted by atomic mass is 9.90. The molecule has 1 saturated carbocycles. The minimum atomic E-state index is -0.0210. The van der Waals surface area contributed by atoms with Crippen molar-refractivity contribution in [2.75, 3.05) is 6.61 Å². The summed E-state index contributed by atoms with van der Waals surface area (Å²) >= 11 is 0. The van der Waals surface area contributed by atoms with Gasteiger partial charge in [0, 0.05) is 6.42 Å². The Balaban J connectivity index is 1.54. The Hall–Kier alpha value is -0.570. The number of unbranched alkanes of at least 4 members (excludes halogenated alkanes) is 2. The summed E-state index contributed by atoms with van der Waals surface area (Å²) in [7, 11) is 0. The van der Waals surface area contributed by atoms with Crippen molar-refractivity contribution in [3.05, 3.63) is 0 Å². The topological polar surface area (TPSA) is 38.8 Å². The van der Waals surface area contributed by atoms with Crippen LogP contribution >= 0.6 is 0 Å². The first kappa shape index (κ1) is 11.9. The molecular weight excluding hydrogens is 204 g/mol. The van der Waals surface area contributed by atoms with Crippen molar-refractivity contribution >= 4 is 5.97 Å². The van der Waals surface area contributed by atoms with Crippen molar-refractivity contribution in [2.24, 2.45) is 5.92 Å². The lowest BCUT2D eigenvalue weighted by molar-refractivity contribution is -0.145. The minimum Gasteiger partial charge on any atom is -0.465 e. The molecule has 3 atom stereocenters. The van der Waals surface area contributed by atoms with E-state index in [-0.39, 0.29) is 5.97 Å². The van der Waals surface area contributed by atoms with Gasteiger partial charge in [0.25, 0.3) is 0 Å². The molecule has 0 bridgehead atoms. The molecule has 16 heavy (non-hydrogen) atoms. The Morgan fingerprint density at radius 2 is 2.19 bits per heavy atom. The second kappa shape index (κ2) is 5.67. The van der Waals surface area contributed by atoms with Crippen LogP contribution in [0.3, 0.4) is 0 Å². The van der Waals surface area contributed by atoms with E-state index in [9.17, 15) is 4.79 Å². The number of carbonyl (C=O) groups excluding carboxylic acids is 1. The van der Waals surface area contributed by atoms with E-state index < -0.39 is 0 Å². The molecule has 92 valence electrons. The molecule has 3 nitrogen and oxygen atoms in total. The third-order valence-electron chi connectivity index (χ3n) is 3.58. The Bertz CT molecular complexity index is 239. The van der Waals surface area contributed by atoms with Gasteiger partial charge in [-0.1, -0.05) is 19.8 Å². The van der Waals surface area contributed by atoms with Gasteiger partial charge in [0.1, 0.15) is 0 Å². The zero-order valence-electron chi connectivity index (χ0n) is 10.1. The quantitative estimate of drug-likeness (QED) is 0.397. The monoisotopic (exact) mass is 226 g/mol. The summed E-state index contributed by atoms with van der Waals surface area (Å²) in [4.78, 5) is 11.4. The molecule has 1 saturated heterocycles. The predicted molar refractivity (Wildman–Crippen MR) is 61.1 cm³/mol. The van der Waals surface area contributed by atoms with E-state index in [1.165, 1.54) is 0 Å². The molecule has 3 unspecified atom stereocenters. The van der Waals surface area contributed by atoms with E-state index in [2.05, 4.69) is 6.92 Å². The molecule has 0 radical (unpaired) electrons. The molecule has 0 N–H and O–H groups in total. The van der Waals surface area contributed by atoms with Crippen LogP contribution in [0.25, 0.3) is 0 Å². The third kappa shape index (κ3) is 3.48. The average Bonchev–Trinajstić information content (AvgIpc) is 3.05. The van der Waals surface area contributed by atoms with Gasteiger partial charge in [0.2, 0.25) is 0 Å². The molecule has 2 rings (SSSR count). The van der Waals surface area contributed by atoms with Crippen LogP contribution in [0.15, 0.2) is 0 Å². The van der Waals surface area contributed by atoms with Crippen LogP contribution in [0.1, 0.15) is 51.9 Å². The van der Waals surface area contributed by atoms with Crippen LogP contribution in [0, 0.1) is 5.92 Å². The van der Waals surface area contributed by atoms with Crippen LogP contribution in [0.4, 0.5) is 0 Å². The molecule has 1 aliphatic heterocycles. The highest BCUT2D eigenvalue weighted by molar-refractivity contribution is 5.69. The van der Waals surface area contributed by atoms with E-state index in [1.807, 2.05) is 0 Å². The normalized spacial score (nSPS) is 31.9. The molecule has 2 fully saturated rings. The number of fused-ring (bicyclic) bond motifs is 1. The summed E-state index contributed by atoms with van der Waals surface area (Å²) < 4.78 is 10.8. The van der Waals surface area contributed by atoms with E-state index in [4.69, 9.17) is 9.47 Å². The summed E-state index contributed by atoms with van der Waals surface area (Å²) in [5.74, 6) is 0.520. The number of epoxide rings is 1. The highest BCUT2D eigenvalue weighted by atomic mass is 16.6. The molecule has 2 aliphatic rings. The highest BCUT2D eigenvalue weighted by Gasteiger charge is 2.43. The molecule has 0 aromatic carbocycles. The summed E-state index contributed by atoms with van der Waals surface area (Å²) in [6.45, 7) is 2.75. The van der Waals surface area contributed by atoms with Gasteiger partial charge >= 0.3 is 5.97 Å². The lowest BCUT2D eigenvalue weighted by Gasteiger charge is -2.18. The molecule has 1 aliphatic carbocycles. The van der Waals surface area contributed by atoms with Gasteiger partial charge in [-0.2, -0.15) is 0 Å². The van der Waals surface area contributed by atoms with Gasteiger partial charge in [-0.3, -0.25) is 4.79 Å². The number of esters is 1. The van der Waals surface area contributed by atoms with Crippen molar-refractivity contribution in [3.63, 3.8) is 0 Å². The third-order valence-corrected chi connectivity index (χ3v) is 3.58. The van der Waals surface area contributed by atoms with Crippen LogP contribution in [0.2, 0.25) is 0 Å². The Morgan fingerprint density at radius 3 is 2.94 bits per heavy atom. The first-order valence-electron chi connectivity index (χ1n) is 6.60. The maximum absolute atomic E-state index is 11.4. The first-order valence-corrected chi connectivity index (χ1v) is 6.60. The van der Waals surface area contributed by atoms with E-state index in [0.717, 1.165) is 38.5 Å². The lowest BCUT2D eigenvalue weighted by Crippen LogP contribution is -2.20. The second-order valence-electron chi connectivity index (χ2n) is 5.03. The van der Waals surface area contributed by atoms with E-state index >= 15 is 0 Å². The SMILES string of the molecule is CCCCCC(=O)OCC1CCC2OC2C1. The summed E-state index contributed by atoms with van der Waals surface area (Å²) in [6, 6.07) is 0. The fourth-order valence-corrected chi connectivity index (χ4v) is 2.44. The molecule has 0 amide bonds. The fourth-order valence-electron chi connectivity index (χ4n) is 2.44. The molecule has 1 heterocycles. The molecule has 0 aromatic rings. The number of hydrogen-bond acceptors (Lipinski definition) is 3. The zero-order valence-corrected chi connectivity index (χ0v) is 10.1. The first-order chi connectivity index (χ1) is 7.79. The maximum Gasteiger partial charge on any atom is 0.305 e. The van der Waals surface area contributed by atoms with Gasteiger partial charge < -0.3 is 9.47 Å². The fraction of sp³-hybridized carbons (Fsp3) is 0.923. The van der Waals surface area contributed by atoms with E-state index in [1.54, 1.807) is 0 Å². The second-order valence-corrected chi connectivity index (χ2v) is 5.03. The smallest absolute Gasteiger partial charge is 0.305 e. The van der Waals surface area contributed by atoms with Crippen LogP contribution in [0.5, 0.6) is 0 Å². The van der Waals surface area contributed by atoms with Gasteiger partial charge in [0.15, 0.2) is 0 Å². The van der Waals surface area contributed by atoms with E-state index in [0.29, 0.717) is 31.2 Å². The van der Waals surface area contributed by atoms with Crippen molar-refractivity contribution in [1.82, 2.24) is 0 Å². The van der Waals surface area contributed by atoms with Crippen molar-refractivity contribution in [3.8, 4) is 0 Å². The average molecular weight is 226 g/mol. The molecule has 0 spiro atoms. The maximum atomic E-state index is 11.4. The Morgan fingerprint density at radius 1 is 1.31 bits per heavy atom. The van der Waals surface area contributed by atoms with Crippen LogP contribution < -0.4 is 0 Å². The van der Waals surface area contributed by atoms with Gasteiger partial charge in [-0.25, -0.2) is 0 Å². The van der Waals surface area contributed by atoms with Crippen molar-refractivity contribution in [1.29, 1.82) is 0 Å². The minimum absolute atomic E-state index is 0.0210. The summed E-state index contributed by atoms with van der Waals surface area (Å²) in [5.41, 5.74) is 0. The largest absolute Gasteiger partial charge is 0.465 e. The number of carbonyl (C=O) groups is 1. The standard InChI is InChI=1S/C13H22O3/c1-2-3-4-5-13(14)15-9-10-6-7-11-12(8-10)16-11/h10-12H,2-9H2,1H3. The highest BCUT2D eigenvalue weighted by Crippen LogP contribution is 2.39. The van der Waals surface area contributed by atoms with Crippen molar-refractivity contribution < 1.29 is 14.3 Å². The van der Waals surface area contributed by atoms with Crippen LogP contribution in [-0.4, -0.2) is 24.8 Å². The number of hydrogen-bond donors (Lipinski definition) is 0. The summed E-state index contributed by atoms with van der Waals surface area (Å²) in [5, 5.41) is 0. The van der Waals surface area contributed by atoms with Gasteiger partial charge in [0.05, 0.1) is 18.8 Å². The zero-order chi connectivity index (χ0) is 11.4. The molecular formula is C13H22O3. The van der Waals surface area contributed by atoms with Crippen LogP contribution in [-0.2, 0) is 14.3 Å². The summed E-state index contributed by atoms with van der Waals surface area (Å²) in [6.07, 6.45) is 8.25. The Kier molecular flexibility index (Phi) is 4.22. The van der Waals surface area contributed by atoms with Gasteiger partial charge in [-0.05, 0) is 31.6 Å². The predicted octanol–water partition coefficient (Wildman–Crippen LogP) is 2.68. The number of rotatable bonds is 6. The Labute approximate surface area is 97.5 Å². The van der Waals surface area contributed by atoms with Crippen molar-refractivity contribution in [2.45, 2.75) is 64.1 Å².